The van der Waals surface area contributed by atoms with Crippen LogP contribution < -0.4 is 5.32 Å². The molecule has 0 bridgehead atoms. The lowest BCUT2D eigenvalue weighted by Crippen LogP contribution is -2.49. The van der Waals surface area contributed by atoms with Gasteiger partial charge in [-0.15, -0.1) is 23.1 Å². The highest BCUT2D eigenvalue weighted by atomic mass is 32.2. The number of piperidine rings is 1. The summed E-state index contributed by atoms with van der Waals surface area (Å²) >= 11 is 3.47. The molecule has 1 unspecified atom stereocenters. The van der Waals surface area contributed by atoms with Gasteiger partial charge in [-0.2, -0.15) is 5.26 Å². The second-order valence-electron chi connectivity index (χ2n) is 11.1. The summed E-state index contributed by atoms with van der Waals surface area (Å²) in [4.78, 5) is 19.1. The highest BCUT2D eigenvalue weighted by Gasteiger charge is 2.56. The van der Waals surface area contributed by atoms with Crippen LogP contribution in [0.1, 0.15) is 82.4 Å². The molecule has 1 saturated heterocycles. The van der Waals surface area contributed by atoms with Gasteiger partial charge in [-0.3, -0.25) is 9.69 Å². The smallest absolute Gasteiger partial charge is 0.261 e. The van der Waals surface area contributed by atoms with E-state index in [9.17, 15) is 4.79 Å². The Bertz CT molecular complexity index is 1380. The molecule has 1 aromatic heterocycles. The third-order valence-electron chi connectivity index (χ3n) is 8.54. The Kier molecular flexibility index (Phi) is 7.32. The third-order valence-corrected chi connectivity index (χ3v) is 10.8. The van der Waals surface area contributed by atoms with Crippen molar-refractivity contribution >= 4 is 29.0 Å². The van der Waals surface area contributed by atoms with Gasteiger partial charge >= 0.3 is 0 Å². The van der Waals surface area contributed by atoms with E-state index >= 15 is 0 Å². The van der Waals surface area contributed by atoms with Gasteiger partial charge in [0.25, 0.3) is 5.91 Å². The number of fused-ring (bicyclic) bond motifs is 2. The van der Waals surface area contributed by atoms with E-state index in [-0.39, 0.29) is 23.2 Å². The van der Waals surface area contributed by atoms with Gasteiger partial charge in [-0.05, 0) is 85.4 Å². The summed E-state index contributed by atoms with van der Waals surface area (Å²) in [5.41, 5.74) is 4.06. The SMILES string of the molecule is CCSc1ccc(CNC(=O)c2cc3c(s2)C2(CCN(C(C)c4ccc(C#N)cc4)CC2)OC2(CC2)C3)cc1. The second kappa shape index (κ2) is 10.7. The Labute approximate surface area is 239 Å². The zero-order valence-electron chi connectivity index (χ0n) is 22.7. The van der Waals surface area contributed by atoms with Crippen LogP contribution in [0.25, 0.3) is 0 Å². The molecule has 6 rings (SSSR count). The molecule has 1 amide bonds. The average molecular weight is 558 g/mol. The maximum Gasteiger partial charge on any atom is 0.261 e. The summed E-state index contributed by atoms with van der Waals surface area (Å²) in [5, 5.41) is 12.3. The van der Waals surface area contributed by atoms with Crippen LogP contribution in [0.15, 0.2) is 59.5 Å². The van der Waals surface area contributed by atoms with Crippen LogP contribution in [-0.2, 0) is 23.3 Å². The summed E-state index contributed by atoms with van der Waals surface area (Å²) in [6.07, 6.45) is 5.03. The number of thiophene rings is 1. The number of hydrogen-bond donors (Lipinski definition) is 1. The Balaban J connectivity index is 1.15. The number of carbonyl (C=O) groups excluding carboxylic acids is 1. The lowest BCUT2D eigenvalue weighted by atomic mass is 9.82. The molecule has 1 N–H and O–H groups in total. The van der Waals surface area contributed by atoms with Gasteiger partial charge in [0.2, 0.25) is 0 Å². The minimum absolute atomic E-state index is 0.00767. The molecule has 1 aliphatic carbocycles. The van der Waals surface area contributed by atoms with Crippen LogP contribution in [0.4, 0.5) is 0 Å². The summed E-state index contributed by atoms with van der Waals surface area (Å²) in [6.45, 7) is 6.83. The van der Waals surface area contributed by atoms with Crippen LogP contribution in [0, 0.1) is 11.3 Å². The van der Waals surface area contributed by atoms with Crippen molar-refractivity contribution < 1.29 is 9.53 Å². The van der Waals surface area contributed by atoms with Crippen molar-refractivity contribution in [3.8, 4) is 6.07 Å². The summed E-state index contributed by atoms with van der Waals surface area (Å²) in [5.74, 6) is 1.06. The minimum atomic E-state index is -0.291. The molecule has 2 spiro atoms. The largest absolute Gasteiger partial charge is 0.363 e. The van der Waals surface area contributed by atoms with Crippen LogP contribution in [0.3, 0.4) is 0 Å². The fraction of sp³-hybridized carbons (Fsp3) is 0.438. The number of likely N-dealkylation sites (tertiary alicyclic amines) is 1. The van der Waals surface area contributed by atoms with E-state index in [2.05, 4.69) is 72.6 Å². The standard InChI is InChI=1S/C32H35N3O2S2/c1-3-38-27-10-6-24(7-11-27)21-34-30(36)28-18-26-19-31(12-13-31)37-32(29(26)39-28)14-16-35(17-15-32)22(2)25-8-4-23(20-33)5-9-25/h4-11,18,22H,3,12-17,19,21H2,1-2H3,(H,34,36). The van der Waals surface area contributed by atoms with Crippen LogP contribution in [0.5, 0.6) is 0 Å². The van der Waals surface area contributed by atoms with E-state index in [1.165, 1.54) is 20.9 Å². The maximum atomic E-state index is 13.2. The zero-order valence-corrected chi connectivity index (χ0v) is 24.3. The van der Waals surface area contributed by atoms with Crippen LogP contribution in [-0.4, -0.2) is 35.3 Å². The molecule has 5 nitrogen and oxygen atoms in total. The number of nitrogens with zero attached hydrogens (tertiary/aromatic N) is 2. The molecule has 1 atom stereocenters. The first-order chi connectivity index (χ1) is 18.9. The van der Waals surface area contributed by atoms with Crippen LogP contribution in [0.2, 0.25) is 0 Å². The number of amides is 1. The normalized spacial score (nSPS) is 19.8. The number of rotatable bonds is 7. The predicted molar refractivity (Wildman–Crippen MR) is 157 cm³/mol. The minimum Gasteiger partial charge on any atom is -0.363 e. The average Bonchev–Trinajstić information content (AvgIpc) is 3.55. The Hall–Kier alpha value is -2.63. The number of benzene rings is 2. The van der Waals surface area contributed by atoms with Crippen molar-refractivity contribution in [2.75, 3.05) is 18.8 Å². The van der Waals surface area contributed by atoms with Gasteiger partial charge in [-0.25, -0.2) is 0 Å². The Morgan fingerprint density at radius 1 is 1.13 bits per heavy atom. The van der Waals surface area contributed by atoms with Gasteiger partial charge in [0.15, 0.2) is 0 Å². The topological polar surface area (TPSA) is 65.4 Å². The highest BCUT2D eigenvalue weighted by Crippen LogP contribution is 2.57. The van der Waals surface area contributed by atoms with Crippen molar-refractivity contribution in [1.29, 1.82) is 5.26 Å². The van der Waals surface area contributed by atoms with Crippen molar-refractivity contribution in [2.45, 2.75) is 74.6 Å². The molecule has 2 aromatic carbocycles. The van der Waals surface area contributed by atoms with Gasteiger partial charge in [0.05, 0.1) is 22.1 Å². The fourth-order valence-electron chi connectivity index (χ4n) is 6.11. The molecule has 3 aromatic rings. The van der Waals surface area contributed by atoms with Gasteiger partial charge < -0.3 is 10.1 Å². The van der Waals surface area contributed by atoms with E-state index < -0.39 is 0 Å². The lowest BCUT2D eigenvalue weighted by molar-refractivity contribution is -0.152. The van der Waals surface area contributed by atoms with E-state index in [1.54, 1.807) is 11.3 Å². The fourth-order valence-corrected chi connectivity index (χ4v) is 8.05. The molecular weight excluding hydrogens is 523 g/mol. The quantitative estimate of drug-likeness (QED) is 0.323. The monoisotopic (exact) mass is 557 g/mol. The first-order valence-electron chi connectivity index (χ1n) is 14.0. The predicted octanol–water partition coefficient (Wildman–Crippen LogP) is 6.82. The number of carbonyl (C=O) groups is 1. The third kappa shape index (κ3) is 5.40. The molecular formula is C32H35N3O2S2. The van der Waals surface area contributed by atoms with Gasteiger partial charge in [0.1, 0.15) is 5.60 Å². The number of nitrogens with one attached hydrogen (secondary N) is 1. The highest BCUT2D eigenvalue weighted by molar-refractivity contribution is 7.99. The van der Waals surface area contributed by atoms with Crippen molar-refractivity contribution in [3.63, 3.8) is 0 Å². The number of thioether (sulfide) groups is 1. The van der Waals surface area contributed by atoms with Gasteiger partial charge in [0, 0.05) is 41.9 Å². The molecule has 0 radical (unpaired) electrons. The molecule has 2 fully saturated rings. The van der Waals surface area contributed by atoms with E-state index in [0.717, 1.165) is 61.4 Å². The van der Waals surface area contributed by atoms with Gasteiger partial charge in [-0.1, -0.05) is 31.2 Å². The number of hydrogen-bond acceptors (Lipinski definition) is 6. The lowest BCUT2D eigenvalue weighted by Gasteiger charge is -2.48. The molecule has 3 heterocycles. The number of nitriles is 1. The van der Waals surface area contributed by atoms with E-state index in [0.29, 0.717) is 12.1 Å². The summed E-state index contributed by atoms with van der Waals surface area (Å²) in [7, 11) is 0. The molecule has 202 valence electrons. The van der Waals surface area contributed by atoms with Crippen molar-refractivity contribution in [1.82, 2.24) is 10.2 Å². The zero-order chi connectivity index (χ0) is 27.0. The second-order valence-corrected chi connectivity index (χ2v) is 13.5. The van der Waals surface area contributed by atoms with Crippen molar-refractivity contribution in [3.05, 3.63) is 86.6 Å². The van der Waals surface area contributed by atoms with Crippen LogP contribution >= 0.6 is 23.1 Å². The van der Waals surface area contributed by atoms with E-state index in [4.69, 9.17) is 10.00 Å². The molecule has 2 aliphatic heterocycles. The van der Waals surface area contributed by atoms with E-state index in [1.807, 2.05) is 23.9 Å². The molecule has 7 heteroatoms. The molecule has 3 aliphatic rings. The summed E-state index contributed by atoms with van der Waals surface area (Å²) < 4.78 is 6.97. The van der Waals surface area contributed by atoms with Crippen molar-refractivity contribution in [2.24, 2.45) is 0 Å². The first-order valence-corrected chi connectivity index (χ1v) is 15.8. The Morgan fingerprint density at radius 3 is 2.49 bits per heavy atom. The number of ether oxygens (including phenoxy) is 1. The maximum absolute atomic E-state index is 13.2. The molecule has 1 saturated carbocycles. The molecule has 39 heavy (non-hydrogen) atoms. The summed E-state index contributed by atoms with van der Waals surface area (Å²) in [6, 6.07) is 21.1. The Morgan fingerprint density at radius 2 is 1.85 bits per heavy atom. The first kappa shape index (κ1) is 26.6.